The van der Waals surface area contributed by atoms with E-state index in [1.807, 2.05) is 7.05 Å². The minimum absolute atomic E-state index is 0.300. The van der Waals surface area contributed by atoms with Crippen LogP contribution in [-0.4, -0.2) is 29.6 Å². The summed E-state index contributed by atoms with van der Waals surface area (Å²) in [5.41, 5.74) is 7.55. The van der Waals surface area contributed by atoms with E-state index in [2.05, 4.69) is 25.9 Å². The molecule has 0 unspecified atom stereocenters. The van der Waals surface area contributed by atoms with Crippen LogP contribution in [0, 0.1) is 0 Å². The second-order valence-corrected chi connectivity index (χ2v) is 4.70. The lowest BCUT2D eigenvalue weighted by Crippen LogP contribution is -2.10. The van der Waals surface area contributed by atoms with Crippen LogP contribution in [0.5, 0.6) is 5.88 Å². The van der Waals surface area contributed by atoms with Gasteiger partial charge in [-0.25, -0.2) is 4.68 Å². The Morgan fingerprint density at radius 2 is 2.00 bits per heavy atom. The van der Waals surface area contributed by atoms with Gasteiger partial charge in [-0.3, -0.25) is 0 Å². The van der Waals surface area contributed by atoms with Crippen LogP contribution in [0.2, 0.25) is 0 Å². The first-order valence-electron chi connectivity index (χ1n) is 6.60. The first-order valence-corrected chi connectivity index (χ1v) is 6.60. The molecule has 104 valence electrons. The van der Waals surface area contributed by atoms with Crippen molar-refractivity contribution in [1.82, 2.24) is 9.78 Å². The third-order valence-corrected chi connectivity index (χ3v) is 2.71. The zero-order valence-corrected chi connectivity index (χ0v) is 11.9. The van der Waals surface area contributed by atoms with Gasteiger partial charge in [0.25, 0.3) is 0 Å². The summed E-state index contributed by atoms with van der Waals surface area (Å²) in [5.74, 6) is 0.937. The Kier molecular flexibility index (Phi) is 5.98. The lowest BCUT2D eigenvalue weighted by atomic mass is 10.1. The monoisotopic (exact) mass is 255 g/mol. The molecule has 0 aliphatic rings. The van der Waals surface area contributed by atoms with Crippen molar-refractivity contribution in [2.24, 2.45) is 7.05 Å². The molecule has 1 heterocycles. The summed E-state index contributed by atoms with van der Waals surface area (Å²) in [4.78, 5) is 0. The fourth-order valence-corrected chi connectivity index (χ4v) is 1.69. The van der Waals surface area contributed by atoms with Gasteiger partial charge in [-0.1, -0.05) is 27.2 Å². The van der Waals surface area contributed by atoms with Crippen LogP contribution in [0.25, 0.3) is 0 Å². The van der Waals surface area contributed by atoms with E-state index in [0.29, 0.717) is 30.7 Å². The van der Waals surface area contributed by atoms with Gasteiger partial charge in [-0.05, 0) is 12.3 Å². The van der Waals surface area contributed by atoms with Gasteiger partial charge in [-0.2, -0.15) is 5.10 Å². The Hall–Kier alpha value is -1.23. The third kappa shape index (κ3) is 3.91. The maximum Gasteiger partial charge on any atom is 0.235 e. The molecular formula is C13H25N3O2. The number of nitrogens with two attached hydrogens (primary N) is 1. The van der Waals surface area contributed by atoms with Crippen molar-refractivity contribution in [1.29, 1.82) is 0 Å². The van der Waals surface area contributed by atoms with Crippen molar-refractivity contribution < 1.29 is 9.47 Å². The van der Waals surface area contributed by atoms with E-state index in [1.165, 1.54) is 0 Å². The molecule has 0 fully saturated rings. The zero-order valence-electron chi connectivity index (χ0n) is 11.9. The molecule has 2 N–H and O–H groups in total. The number of ether oxygens (including phenoxy) is 2. The molecule has 18 heavy (non-hydrogen) atoms. The van der Waals surface area contributed by atoms with Crippen molar-refractivity contribution in [3.05, 3.63) is 5.69 Å². The summed E-state index contributed by atoms with van der Waals surface area (Å²) in [5, 5.41) is 4.36. The molecule has 0 aliphatic carbocycles. The molecule has 1 aromatic rings. The van der Waals surface area contributed by atoms with E-state index in [4.69, 9.17) is 15.2 Å². The Morgan fingerprint density at radius 1 is 1.28 bits per heavy atom. The molecule has 0 spiro atoms. The van der Waals surface area contributed by atoms with E-state index >= 15 is 0 Å². The van der Waals surface area contributed by atoms with Gasteiger partial charge in [-0.15, -0.1) is 0 Å². The van der Waals surface area contributed by atoms with Gasteiger partial charge in [0.05, 0.1) is 12.3 Å². The summed E-state index contributed by atoms with van der Waals surface area (Å²) >= 11 is 0. The van der Waals surface area contributed by atoms with E-state index in [0.717, 1.165) is 25.1 Å². The lowest BCUT2D eigenvalue weighted by Gasteiger charge is -2.08. The van der Waals surface area contributed by atoms with Crippen molar-refractivity contribution in [2.45, 2.75) is 39.5 Å². The molecule has 0 aliphatic heterocycles. The normalized spacial score (nSPS) is 11.2. The summed E-state index contributed by atoms with van der Waals surface area (Å²) in [6.07, 6.45) is 2.23. The maximum atomic E-state index is 6.02. The first-order chi connectivity index (χ1) is 8.57. The molecule has 5 heteroatoms. The van der Waals surface area contributed by atoms with E-state index in [9.17, 15) is 0 Å². The second kappa shape index (κ2) is 7.26. The van der Waals surface area contributed by atoms with Crippen molar-refractivity contribution >= 4 is 5.69 Å². The van der Waals surface area contributed by atoms with E-state index < -0.39 is 0 Å². The Morgan fingerprint density at radius 3 is 2.56 bits per heavy atom. The van der Waals surface area contributed by atoms with Crippen molar-refractivity contribution in [3.63, 3.8) is 0 Å². The zero-order chi connectivity index (χ0) is 13.5. The number of aromatic nitrogens is 2. The molecule has 0 atom stereocenters. The second-order valence-electron chi connectivity index (χ2n) is 4.70. The average molecular weight is 255 g/mol. The lowest BCUT2D eigenvalue weighted by molar-refractivity contribution is 0.0953. The molecule has 0 amide bonds. The molecule has 0 bridgehead atoms. The van der Waals surface area contributed by atoms with E-state index in [1.54, 1.807) is 4.68 Å². The quantitative estimate of drug-likeness (QED) is 0.724. The standard InChI is InChI=1S/C13H25N3O2/c1-5-6-7-17-8-9-18-13-11(14)12(10(2)3)15-16(13)4/h10H,5-9,14H2,1-4H3. The topological polar surface area (TPSA) is 62.3 Å². The number of hydrogen-bond acceptors (Lipinski definition) is 4. The van der Waals surface area contributed by atoms with Crippen LogP contribution in [0.15, 0.2) is 0 Å². The minimum Gasteiger partial charge on any atom is -0.474 e. The molecule has 1 aromatic heterocycles. The summed E-state index contributed by atoms with van der Waals surface area (Å²) in [6.45, 7) is 8.15. The number of hydrogen-bond donors (Lipinski definition) is 1. The minimum atomic E-state index is 0.300. The Labute approximate surface area is 109 Å². The Balaban J connectivity index is 2.42. The van der Waals surface area contributed by atoms with Crippen LogP contribution in [0.3, 0.4) is 0 Å². The molecular weight excluding hydrogens is 230 g/mol. The van der Waals surface area contributed by atoms with Gasteiger partial charge in [0.2, 0.25) is 5.88 Å². The van der Waals surface area contributed by atoms with E-state index in [-0.39, 0.29) is 0 Å². The fraction of sp³-hybridized carbons (Fsp3) is 0.769. The van der Waals surface area contributed by atoms with Crippen LogP contribution in [0.4, 0.5) is 5.69 Å². The van der Waals surface area contributed by atoms with Gasteiger partial charge in [0.15, 0.2) is 0 Å². The molecule has 0 aromatic carbocycles. The van der Waals surface area contributed by atoms with Crippen molar-refractivity contribution in [3.8, 4) is 5.88 Å². The number of rotatable bonds is 8. The third-order valence-electron chi connectivity index (χ3n) is 2.71. The number of nitrogen functional groups attached to an aromatic ring is 1. The van der Waals surface area contributed by atoms with Gasteiger partial charge in [0.1, 0.15) is 12.3 Å². The molecule has 1 rings (SSSR count). The van der Waals surface area contributed by atoms with Crippen LogP contribution < -0.4 is 10.5 Å². The molecule has 0 radical (unpaired) electrons. The largest absolute Gasteiger partial charge is 0.474 e. The predicted octanol–water partition coefficient (Wildman–Crippen LogP) is 2.32. The smallest absolute Gasteiger partial charge is 0.235 e. The summed E-state index contributed by atoms with van der Waals surface area (Å²) in [6, 6.07) is 0. The molecule has 0 saturated carbocycles. The van der Waals surface area contributed by atoms with Crippen LogP contribution in [-0.2, 0) is 11.8 Å². The number of aryl methyl sites for hydroxylation is 1. The highest BCUT2D eigenvalue weighted by Gasteiger charge is 2.16. The summed E-state index contributed by atoms with van der Waals surface area (Å²) < 4.78 is 12.8. The molecule has 0 saturated heterocycles. The van der Waals surface area contributed by atoms with Gasteiger partial charge >= 0.3 is 0 Å². The maximum absolute atomic E-state index is 6.02. The highest BCUT2D eigenvalue weighted by atomic mass is 16.5. The number of anilines is 1. The Bertz CT molecular complexity index is 361. The predicted molar refractivity (Wildman–Crippen MR) is 72.9 cm³/mol. The number of nitrogens with zero attached hydrogens (tertiary/aromatic N) is 2. The van der Waals surface area contributed by atoms with Gasteiger partial charge < -0.3 is 15.2 Å². The van der Waals surface area contributed by atoms with Crippen LogP contribution in [0.1, 0.15) is 45.2 Å². The highest BCUT2D eigenvalue weighted by Crippen LogP contribution is 2.29. The fourth-order valence-electron chi connectivity index (χ4n) is 1.69. The number of unbranched alkanes of at least 4 members (excludes halogenated alkanes) is 1. The van der Waals surface area contributed by atoms with Crippen LogP contribution >= 0.6 is 0 Å². The summed E-state index contributed by atoms with van der Waals surface area (Å²) in [7, 11) is 1.84. The average Bonchev–Trinajstić information content (AvgIpc) is 2.60. The van der Waals surface area contributed by atoms with Gasteiger partial charge in [0, 0.05) is 13.7 Å². The molecule has 5 nitrogen and oxygen atoms in total. The highest BCUT2D eigenvalue weighted by molar-refractivity contribution is 5.54. The SMILES string of the molecule is CCCCOCCOc1c(N)c(C(C)C)nn1C. The van der Waals surface area contributed by atoms with Crippen molar-refractivity contribution in [2.75, 3.05) is 25.6 Å². The first kappa shape index (κ1) is 14.8.